The Morgan fingerprint density at radius 3 is 2.44 bits per heavy atom. The number of amides is 2. The highest BCUT2D eigenvalue weighted by Gasteiger charge is 2.34. The van der Waals surface area contributed by atoms with Crippen molar-refractivity contribution in [1.29, 1.82) is 0 Å². The van der Waals surface area contributed by atoms with Crippen LogP contribution < -0.4 is 4.74 Å². The molecule has 0 unspecified atom stereocenters. The van der Waals surface area contributed by atoms with Gasteiger partial charge < -0.3 is 19.4 Å². The van der Waals surface area contributed by atoms with Gasteiger partial charge in [0.15, 0.2) is 0 Å². The van der Waals surface area contributed by atoms with E-state index in [2.05, 4.69) is 21.9 Å². The lowest BCUT2D eigenvalue weighted by Gasteiger charge is -2.40. The molecule has 3 fully saturated rings. The normalized spacial score (nSPS) is 22.8. The summed E-state index contributed by atoms with van der Waals surface area (Å²) in [6, 6.07) is 6.91. The number of piperidine rings is 2. The maximum atomic E-state index is 12.9. The first-order valence-corrected chi connectivity index (χ1v) is 12.7. The molecule has 0 aromatic heterocycles. The van der Waals surface area contributed by atoms with Crippen LogP contribution in [0.3, 0.4) is 0 Å². The van der Waals surface area contributed by atoms with Gasteiger partial charge in [-0.3, -0.25) is 9.59 Å². The number of fused-ring (bicyclic) bond motifs is 1. The smallest absolute Gasteiger partial charge is 0.226 e. The van der Waals surface area contributed by atoms with Gasteiger partial charge in [0.2, 0.25) is 11.8 Å². The second-order valence-corrected chi connectivity index (χ2v) is 10.0. The molecule has 5 rings (SSSR count). The number of carbonyl (C=O) groups excluding carboxylic acids is 2. The fourth-order valence-electron chi connectivity index (χ4n) is 5.55. The molecule has 6 nitrogen and oxygen atoms in total. The van der Waals surface area contributed by atoms with Gasteiger partial charge in [0.25, 0.3) is 0 Å². The largest absolute Gasteiger partial charge is 0.491 e. The summed E-state index contributed by atoms with van der Waals surface area (Å²) in [7, 11) is 0. The third-order valence-corrected chi connectivity index (χ3v) is 7.69. The van der Waals surface area contributed by atoms with Gasteiger partial charge in [-0.1, -0.05) is 18.6 Å². The van der Waals surface area contributed by atoms with Gasteiger partial charge in [-0.2, -0.15) is 0 Å². The van der Waals surface area contributed by atoms with E-state index in [1.165, 1.54) is 32.4 Å². The zero-order valence-corrected chi connectivity index (χ0v) is 19.3. The van der Waals surface area contributed by atoms with Gasteiger partial charge in [0.05, 0.1) is 6.54 Å². The molecule has 0 atom stereocenters. The van der Waals surface area contributed by atoms with Crippen LogP contribution in [-0.2, 0) is 22.6 Å². The Labute approximate surface area is 191 Å². The SMILES string of the molecule is O=C(CCc1ccc2c(c1)CN(C(=O)C1CC1)CCO2)N1CCC(N2CCCCC2)CC1. The molecule has 0 N–H and O–H groups in total. The summed E-state index contributed by atoms with van der Waals surface area (Å²) in [4.78, 5) is 32.1. The Morgan fingerprint density at radius 2 is 1.69 bits per heavy atom. The van der Waals surface area contributed by atoms with E-state index in [9.17, 15) is 9.59 Å². The van der Waals surface area contributed by atoms with Crippen molar-refractivity contribution < 1.29 is 14.3 Å². The van der Waals surface area contributed by atoms with Crippen molar-refractivity contribution in [3.8, 4) is 5.75 Å². The summed E-state index contributed by atoms with van der Waals surface area (Å²) in [5, 5.41) is 0. The Bertz CT molecular complexity index is 824. The predicted molar refractivity (Wildman–Crippen MR) is 123 cm³/mol. The maximum Gasteiger partial charge on any atom is 0.226 e. The minimum absolute atomic E-state index is 0.233. The van der Waals surface area contributed by atoms with E-state index in [1.54, 1.807) is 0 Å². The van der Waals surface area contributed by atoms with E-state index < -0.39 is 0 Å². The van der Waals surface area contributed by atoms with E-state index in [0.717, 1.165) is 62.1 Å². The first-order valence-electron chi connectivity index (χ1n) is 12.7. The molecular weight excluding hydrogens is 402 g/mol. The molecule has 1 aliphatic carbocycles. The van der Waals surface area contributed by atoms with E-state index in [-0.39, 0.29) is 17.7 Å². The lowest BCUT2D eigenvalue weighted by molar-refractivity contribution is -0.133. The van der Waals surface area contributed by atoms with Crippen LogP contribution in [0, 0.1) is 5.92 Å². The fourth-order valence-corrected chi connectivity index (χ4v) is 5.55. The van der Waals surface area contributed by atoms with Crippen molar-refractivity contribution in [3.63, 3.8) is 0 Å². The molecule has 174 valence electrons. The van der Waals surface area contributed by atoms with E-state index in [1.807, 2.05) is 11.0 Å². The number of likely N-dealkylation sites (tertiary alicyclic amines) is 2. The molecule has 6 heteroatoms. The zero-order valence-electron chi connectivity index (χ0n) is 19.3. The number of nitrogens with zero attached hydrogens (tertiary/aromatic N) is 3. The third kappa shape index (κ3) is 5.11. The summed E-state index contributed by atoms with van der Waals surface area (Å²) >= 11 is 0. The van der Waals surface area contributed by atoms with Crippen molar-refractivity contribution in [2.45, 2.75) is 70.4 Å². The van der Waals surface area contributed by atoms with E-state index in [4.69, 9.17) is 4.74 Å². The molecule has 2 saturated heterocycles. The highest BCUT2D eigenvalue weighted by Crippen LogP contribution is 2.33. The van der Waals surface area contributed by atoms with Crippen molar-refractivity contribution in [2.24, 2.45) is 5.92 Å². The van der Waals surface area contributed by atoms with Gasteiger partial charge >= 0.3 is 0 Å². The van der Waals surface area contributed by atoms with Gasteiger partial charge in [-0.25, -0.2) is 0 Å². The van der Waals surface area contributed by atoms with Crippen LogP contribution in [0.2, 0.25) is 0 Å². The molecule has 2 amide bonds. The molecule has 1 aromatic carbocycles. The zero-order chi connectivity index (χ0) is 21.9. The average Bonchev–Trinajstić information content (AvgIpc) is 3.70. The molecule has 3 aliphatic heterocycles. The number of rotatable bonds is 5. The Kier molecular flexibility index (Phi) is 6.67. The van der Waals surface area contributed by atoms with Gasteiger partial charge in [0.1, 0.15) is 12.4 Å². The topological polar surface area (TPSA) is 53.1 Å². The minimum atomic E-state index is 0.233. The summed E-state index contributed by atoms with van der Waals surface area (Å²) < 4.78 is 5.89. The Morgan fingerprint density at radius 1 is 0.906 bits per heavy atom. The van der Waals surface area contributed by atoms with Crippen LogP contribution in [-0.4, -0.2) is 71.9 Å². The molecule has 0 bridgehead atoms. The monoisotopic (exact) mass is 439 g/mol. The van der Waals surface area contributed by atoms with Crippen LogP contribution in [0.4, 0.5) is 0 Å². The first kappa shape index (κ1) is 21.7. The average molecular weight is 440 g/mol. The second kappa shape index (κ2) is 9.82. The molecule has 0 radical (unpaired) electrons. The van der Waals surface area contributed by atoms with Gasteiger partial charge in [0, 0.05) is 43.6 Å². The summed E-state index contributed by atoms with van der Waals surface area (Å²) in [5.74, 6) is 1.66. The number of benzene rings is 1. The van der Waals surface area contributed by atoms with Crippen LogP contribution in [0.15, 0.2) is 18.2 Å². The molecule has 32 heavy (non-hydrogen) atoms. The minimum Gasteiger partial charge on any atom is -0.491 e. The fraction of sp³-hybridized carbons (Fsp3) is 0.692. The molecule has 1 aromatic rings. The predicted octanol–water partition coefficient (Wildman–Crippen LogP) is 3.23. The van der Waals surface area contributed by atoms with E-state index in [0.29, 0.717) is 32.2 Å². The highest BCUT2D eigenvalue weighted by molar-refractivity contribution is 5.81. The summed E-state index contributed by atoms with van der Waals surface area (Å²) in [6.45, 7) is 6.11. The molecule has 1 saturated carbocycles. The highest BCUT2D eigenvalue weighted by atomic mass is 16.5. The molecular formula is C26H37N3O3. The Balaban J connectivity index is 1.12. The van der Waals surface area contributed by atoms with Gasteiger partial charge in [-0.15, -0.1) is 0 Å². The molecule has 0 spiro atoms. The van der Waals surface area contributed by atoms with Crippen molar-refractivity contribution in [2.75, 3.05) is 39.3 Å². The summed E-state index contributed by atoms with van der Waals surface area (Å²) in [5.41, 5.74) is 2.23. The number of ether oxygens (including phenoxy) is 1. The number of hydrogen-bond donors (Lipinski definition) is 0. The lowest BCUT2D eigenvalue weighted by Crippen LogP contribution is -2.48. The quantitative estimate of drug-likeness (QED) is 0.707. The van der Waals surface area contributed by atoms with Crippen LogP contribution in [0.1, 0.15) is 62.5 Å². The van der Waals surface area contributed by atoms with Crippen molar-refractivity contribution in [3.05, 3.63) is 29.3 Å². The number of hydrogen-bond acceptors (Lipinski definition) is 4. The molecule has 4 aliphatic rings. The van der Waals surface area contributed by atoms with Crippen molar-refractivity contribution >= 4 is 11.8 Å². The standard InChI is InChI=1S/C26H37N3O3/c30-25(28-14-10-23(11-15-28)27-12-2-1-3-13-27)9-5-20-4-8-24-22(18-20)19-29(16-17-32-24)26(31)21-6-7-21/h4,8,18,21,23H,1-3,5-7,9-17,19H2. The number of aryl methyl sites for hydroxylation is 1. The second-order valence-electron chi connectivity index (χ2n) is 10.0. The first-order chi connectivity index (χ1) is 15.7. The van der Waals surface area contributed by atoms with Crippen molar-refractivity contribution in [1.82, 2.24) is 14.7 Å². The lowest BCUT2D eigenvalue weighted by atomic mass is 9.99. The van der Waals surface area contributed by atoms with E-state index >= 15 is 0 Å². The van der Waals surface area contributed by atoms with Crippen LogP contribution in [0.25, 0.3) is 0 Å². The van der Waals surface area contributed by atoms with Gasteiger partial charge in [-0.05, 0) is 69.7 Å². The maximum absolute atomic E-state index is 12.9. The molecule has 3 heterocycles. The van der Waals surface area contributed by atoms with Crippen LogP contribution >= 0.6 is 0 Å². The van der Waals surface area contributed by atoms with Crippen LogP contribution in [0.5, 0.6) is 5.75 Å². The summed E-state index contributed by atoms with van der Waals surface area (Å²) in [6.07, 6.45) is 9.63. The Hall–Kier alpha value is -2.08. The third-order valence-electron chi connectivity index (χ3n) is 7.69. The number of carbonyl (C=O) groups is 2.